The zero-order valence-electron chi connectivity index (χ0n) is 12.3. The van der Waals surface area contributed by atoms with Crippen molar-refractivity contribution in [3.05, 3.63) is 35.9 Å². The molecule has 1 saturated heterocycles. The Bertz CT molecular complexity index is 589. The minimum absolute atomic E-state index is 0.239. The summed E-state index contributed by atoms with van der Waals surface area (Å²) in [6, 6.07) is 2.01. The number of piperidine rings is 1. The first kappa shape index (κ1) is 13.9. The molecule has 1 atom stereocenters. The van der Waals surface area contributed by atoms with E-state index >= 15 is 0 Å². The number of nitrogens with one attached hydrogen (secondary N) is 1. The Kier molecular flexibility index (Phi) is 4.03. The Labute approximate surface area is 124 Å². The lowest BCUT2D eigenvalue weighted by Gasteiger charge is -2.32. The first-order valence-corrected chi connectivity index (χ1v) is 7.47. The van der Waals surface area contributed by atoms with Gasteiger partial charge in [-0.2, -0.15) is 10.2 Å². The van der Waals surface area contributed by atoms with Crippen molar-refractivity contribution in [2.45, 2.75) is 31.6 Å². The van der Waals surface area contributed by atoms with Gasteiger partial charge in [0, 0.05) is 50.6 Å². The summed E-state index contributed by atoms with van der Waals surface area (Å²) in [5, 5.41) is 11.2. The highest BCUT2D eigenvalue weighted by molar-refractivity contribution is 5.76. The number of aromatic amines is 1. The Morgan fingerprint density at radius 3 is 3.14 bits per heavy atom. The van der Waals surface area contributed by atoms with Gasteiger partial charge in [0.05, 0.1) is 6.20 Å². The van der Waals surface area contributed by atoms with E-state index in [0.29, 0.717) is 12.3 Å². The molecule has 2 aromatic heterocycles. The molecule has 0 aromatic carbocycles. The van der Waals surface area contributed by atoms with Crippen molar-refractivity contribution in [1.82, 2.24) is 24.9 Å². The SMILES string of the molecule is Cn1cc(CCC(=O)N2CCCC(c3ccn[nH]3)C2)cn1. The number of hydrogen-bond acceptors (Lipinski definition) is 3. The van der Waals surface area contributed by atoms with Gasteiger partial charge in [0.2, 0.25) is 5.91 Å². The van der Waals surface area contributed by atoms with Crippen molar-refractivity contribution in [3.8, 4) is 0 Å². The van der Waals surface area contributed by atoms with E-state index in [1.54, 1.807) is 10.9 Å². The average Bonchev–Trinajstić information content (AvgIpc) is 3.16. The zero-order valence-corrected chi connectivity index (χ0v) is 12.3. The van der Waals surface area contributed by atoms with Crippen LogP contribution < -0.4 is 0 Å². The number of carbonyl (C=O) groups excluding carboxylic acids is 1. The summed E-state index contributed by atoms with van der Waals surface area (Å²) in [5.74, 6) is 0.631. The summed E-state index contributed by atoms with van der Waals surface area (Å²) in [4.78, 5) is 14.4. The second-order valence-electron chi connectivity index (χ2n) is 5.71. The second kappa shape index (κ2) is 6.11. The predicted molar refractivity (Wildman–Crippen MR) is 78.7 cm³/mol. The molecule has 0 aliphatic carbocycles. The minimum Gasteiger partial charge on any atom is -0.342 e. The Hall–Kier alpha value is -2.11. The highest BCUT2D eigenvalue weighted by atomic mass is 16.2. The molecule has 3 heterocycles. The first-order chi connectivity index (χ1) is 10.2. The monoisotopic (exact) mass is 287 g/mol. The minimum atomic E-state index is 0.239. The Balaban J connectivity index is 1.54. The van der Waals surface area contributed by atoms with Crippen molar-refractivity contribution in [3.63, 3.8) is 0 Å². The second-order valence-corrected chi connectivity index (χ2v) is 5.71. The summed E-state index contributed by atoms with van der Waals surface area (Å²) in [5.41, 5.74) is 2.26. The Morgan fingerprint density at radius 2 is 2.43 bits per heavy atom. The van der Waals surface area contributed by atoms with Crippen LogP contribution in [0.3, 0.4) is 0 Å². The van der Waals surface area contributed by atoms with E-state index in [4.69, 9.17) is 0 Å². The molecule has 1 amide bonds. The molecule has 1 N–H and O–H groups in total. The molecule has 6 nitrogen and oxygen atoms in total. The van der Waals surface area contributed by atoms with E-state index in [1.165, 1.54) is 0 Å². The first-order valence-electron chi connectivity index (χ1n) is 7.47. The number of carbonyl (C=O) groups is 1. The predicted octanol–water partition coefficient (Wildman–Crippen LogP) is 1.48. The maximum absolute atomic E-state index is 12.4. The summed E-state index contributed by atoms with van der Waals surface area (Å²) < 4.78 is 1.77. The molecule has 0 radical (unpaired) electrons. The fraction of sp³-hybridized carbons (Fsp3) is 0.533. The molecule has 0 spiro atoms. The molecular formula is C15H21N5O. The number of amides is 1. The standard InChI is InChI=1S/C15H21N5O/c1-19-10-12(9-17-19)4-5-15(21)20-8-2-3-13(11-20)14-6-7-16-18-14/h6-7,9-10,13H,2-5,8,11H2,1H3,(H,16,18). The van der Waals surface area contributed by atoms with E-state index in [2.05, 4.69) is 15.3 Å². The van der Waals surface area contributed by atoms with Crippen molar-refractivity contribution >= 4 is 5.91 Å². The molecule has 1 aliphatic heterocycles. The van der Waals surface area contributed by atoms with Crippen LogP contribution in [0.1, 0.15) is 36.4 Å². The van der Waals surface area contributed by atoms with Crippen LogP contribution in [0.5, 0.6) is 0 Å². The molecule has 0 saturated carbocycles. The molecule has 0 bridgehead atoms. The van der Waals surface area contributed by atoms with Crippen LogP contribution in [0.4, 0.5) is 0 Å². The summed E-state index contributed by atoms with van der Waals surface area (Å²) in [6.45, 7) is 1.67. The van der Waals surface area contributed by atoms with E-state index in [1.807, 2.05) is 30.4 Å². The van der Waals surface area contributed by atoms with Crippen LogP contribution in [-0.2, 0) is 18.3 Å². The number of H-pyrrole nitrogens is 1. The number of likely N-dealkylation sites (tertiary alicyclic amines) is 1. The van der Waals surface area contributed by atoms with Crippen LogP contribution in [-0.4, -0.2) is 43.9 Å². The average molecular weight is 287 g/mol. The maximum atomic E-state index is 12.4. The number of aromatic nitrogens is 4. The third-order valence-corrected chi connectivity index (χ3v) is 4.12. The summed E-state index contributed by atoms with van der Waals surface area (Å²) in [6.07, 6.45) is 9.07. The van der Waals surface area contributed by atoms with Gasteiger partial charge in [0.1, 0.15) is 0 Å². The lowest BCUT2D eigenvalue weighted by Crippen LogP contribution is -2.39. The van der Waals surface area contributed by atoms with Crippen LogP contribution in [0.2, 0.25) is 0 Å². The van der Waals surface area contributed by atoms with E-state index < -0.39 is 0 Å². The molecule has 21 heavy (non-hydrogen) atoms. The van der Waals surface area contributed by atoms with Gasteiger partial charge in [-0.3, -0.25) is 14.6 Å². The van der Waals surface area contributed by atoms with Crippen molar-refractivity contribution in [2.75, 3.05) is 13.1 Å². The van der Waals surface area contributed by atoms with Gasteiger partial charge in [-0.15, -0.1) is 0 Å². The molecule has 2 aromatic rings. The zero-order chi connectivity index (χ0) is 14.7. The molecule has 1 fully saturated rings. The van der Waals surface area contributed by atoms with Gasteiger partial charge >= 0.3 is 0 Å². The van der Waals surface area contributed by atoms with Gasteiger partial charge in [-0.1, -0.05) is 0 Å². The Morgan fingerprint density at radius 1 is 1.52 bits per heavy atom. The third kappa shape index (κ3) is 3.32. The normalized spacial score (nSPS) is 18.9. The van der Waals surface area contributed by atoms with Gasteiger partial charge in [-0.05, 0) is 30.9 Å². The molecule has 1 aliphatic rings. The number of aryl methyl sites for hydroxylation is 2. The van der Waals surface area contributed by atoms with E-state index in [-0.39, 0.29) is 5.91 Å². The fourth-order valence-electron chi connectivity index (χ4n) is 2.96. The van der Waals surface area contributed by atoms with Crippen molar-refractivity contribution < 1.29 is 4.79 Å². The van der Waals surface area contributed by atoms with E-state index in [0.717, 1.165) is 43.6 Å². The lowest BCUT2D eigenvalue weighted by molar-refractivity contribution is -0.132. The molecule has 1 unspecified atom stereocenters. The van der Waals surface area contributed by atoms with Gasteiger partial charge in [0.25, 0.3) is 0 Å². The molecule has 112 valence electrons. The third-order valence-electron chi connectivity index (χ3n) is 4.12. The molecule has 6 heteroatoms. The van der Waals surface area contributed by atoms with Crippen molar-refractivity contribution in [1.29, 1.82) is 0 Å². The number of hydrogen-bond donors (Lipinski definition) is 1. The van der Waals surface area contributed by atoms with Gasteiger partial charge < -0.3 is 4.90 Å². The summed E-state index contributed by atoms with van der Waals surface area (Å²) >= 11 is 0. The lowest BCUT2D eigenvalue weighted by atomic mass is 9.94. The van der Waals surface area contributed by atoms with Gasteiger partial charge in [-0.25, -0.2) is 0 Å². The van der Waals surface area contributed by atoms with Gasteiger partial charge in [0.15, 0.2) is 0 Å². The van der Waals surface area contributed by atoms with Crippen LogP contribution in [0.15, 0.2) is 24.7 Å². The smallest absolute Gasteiger partial charge is 0.222 e. The quantitative estimate of drug-likeness (QED) is 0.926. The van der Waals surface area contributed by atoms with Crippen LogP contribution in [0, 0.1) is 0 Å². The van der Waals surface area contributed by atoms with E-state index in [9.17, 15) is 4.79 Å². The number of nitrogens with zero attached hydrogens (tertiary/aromatic N) is 4. The highest BCUT2D eigenvalue weighted by Crippen LogP contribution is 2.25. The number of rotatable bonds is 4. The highest BCUT2D eigenvalue weighted by Gasteiger charge is 2.25. The largest absolute Gasteiger partial charge is 0.342 e. The topological polar surface area (TPSA) is 66.8 Å². The maximum Gasteiger partial charge on any atom is 0.222 e. The van der Waals surface area contributed by atoms with Crippen LogP contribution >= 0.6 is 0 Å². The fourth-order valence-corrected chi connectivity index (χ4v) is 2.96. The van der Waals surface area contributed by atoms with Crippen LogP contribution in [0.25, 0.3) is 0 Å². The molecule has 3 rings (SSSR count). The summed E-state index contributed by atoms with van der Waals surface area (Å²) in [7, 11) is 1.89. The molecular weight excluding hydrogens is 266 g/mol. The van der Waals surface area contributed by atoms with Crippen molar-refractivity contribution in [2.24, 2.45) is 7.05 Å².